The molecule has 2 nitrogen and oxygen atoms in total. The molecule has 332 valence electrons. The maximum Gasteiger partial charge on any atom is 0.0543 e. The van der Waals surface area contributed by atoms with Crippen molar-refractivity contribution in [2.45, 2.75) is 90.4 Å². The predicted molar refractivity (Wildman–Crippen MR) is 290 cm³/mol. The number of hydrogen-bond donors (Lipinski definition) is 0. The molecule has 10 aromatic rings. The van der Waals surface area contributed by atoms with Crippen molar-refractivity contribution in [2.24, 2.45) is 0 Å². The first kappa shape index (κ1) is 41.1. The highest BCUT2D eigenvalue weighted by Gasteiger charge is 2.42. The molecule has 0 saturated heterocycles. The van der Waals surface area contributed by atoms with Crippen LogP contribution in [0.2, 0.25) is 0 Å². The number of nitrogens with zero attached hydrogens (tertiary/aromatic N) is 2. The van der Waals surface area contributed by atoms with Gasteiger partial charge in [-0.15, -0.1) is 0 Å². The zero-order chi connectivity index (χ0) is 46.4. The molecule has 0 aliphatic heterocycles. The Bertz CT molecular complexity index is 3680. The van der Waals surface area contributed by atoms with Gasteiger partial charge in [-0.05, 0) is 156 Å². The van der Waals surface area contributed by atoms with Gasteiger partial charge < -0.3 is 9.80 Å². The monoisotopic (exact) mass is 878 g/mol. The van der Waals surface area contributed by atoms with E-state index in [2.05, 4.69) is 241 Å². The summed E-state index contributed by atoms with van der Waals surface area (Å²) in [5.41, 5.74) is 22.1. The third-order valence-electron chi connectivity index (χ3n) is 16.5. The van der Waals surface area contributed by atoms with E-state index in [1.807, 2.05) is 0 Å². The Morgan fingerprint density at radius 1 is 0.397 bits per heavy atom. The zero-order valence-electron chi connectivity index (χ0n) is 40.6. The molecule has 2 heteroatoms. The highest BCUT2D eigenvalue weighted by Crippen LogP contribution is 2.59. The second-order valence-corrected chi connectivity index (χ2v) is 21.9. The van der Waals surface area contributed by atoms with Crippen molar-refractivity contribution >= 4 is 66.4 Å². The van der Waals surface area contributed by atoms with Gasteiger partial charge in [-0.1, -0.05) is 177 Å². The molecule has 68 heavy (non-hydrogen) atoms. The summed E-state index contributed by atoms with van der Waals surface area (Å²) in [5.74, 6) is 0.289. The first-order chi connectivity index (χ1) is 32.9. The first-order valence-corrected chi connectivity index (χ1v) is 24.8. The summed E-state index contributed by atoms with van der Waals surface area (Å²) in [6, 6.07) is 67.1. The summed E-state index contributed by atoms with van der Waals surface area (Å²) >= 11 is 0. The zero-order valence-corrected chi connectivity index (χ0v) is 40.6. The minimum atomic E-state index is -0.202. The van der Waals surface area contributed by atoms with Crippen LogP contribution in [0.1, 0.15) is 107 Å². The van der Waals surface area contributed by atoms with Crippen molar-refractivity contribution in [1.29, 1.82) is 0 Å². The number of anilines is 6. The van der Waals surface area contributed by atoms with Crippen LogP contribution in [-0.2, 0) is 22.7 Å². The van der Waals surface area contributed by atoms with Crippen LogP contribution in [0.25, 0.3) is 54.6 Å². The Kier molecular flexibility index (Phi) is 8.71. The van der Waals surface area contributed by atoms with E-state index in [4.69, 9.17) is 0 Å². The van der Waals surface area contributed by atoms with E-state index in [9.17, 15) is 0 Å². The lowest BCUT2D eigenvalue weighted by Crippen LogP contribution is -2.24. The van der Waals surface area contributed by atoms with Gasteiger partial charge in [-0.2, -0.15) is 0 Å². The van der Waals surface area contributed by atoms with Crippen molar-refractivity contribution in [3.63, 3.8) is 0 Å². The average Bonchev–Trinajstić information content (AvgIpc) is 3.74. The largest absolute Gasteiger partial charge is 0.310 e. The number of rotatable bonds is 7. The van der Waals surface area contributed by atoms with E-state index in [0.717, 1.165) is 12.8 Å². The molecule has 3 aliphatic rings. The topological polar surface area (TPSA) is 6.48 Å². The van der Waals surface area contributed by atoms with Gasteiger partial charge in [-0.3, -0.25) is 0 Å². The Labute approximate surface area is 401 Å². The maximum atomic E-state index is 2.63. The Morgan fingerprint density at radius 2 is 0.882 bits per heavy atom. The van der Waals surface area contributed by atoms with Crippen molar-refractivity contribution in [2.75, 3.05) is 9.80 Å². The fraction of sp³-hybridized carbons (Fsp3) is 0.212. The van der Waals surface area contributed by atoms with Crippen LogP contribution in [-0.4, -0.2) is 0 Å². The van der Waals surface area contributed by atoms with E-state index < -0.39 is 0 Å². The van der Waals surface area contributed by atoms with Crippen molar-refractivity contribution in [3.05, 3.63) is 215 Å². The van der Waals surface area contributed by atoms with Crippen molar-refractivity contribution in [1.82, 2.24) is 0 Å². The van der Waals surface area contributed by atoms with Crippen molar-refractivity contribution < 1.29 is 0 Å². The summed E-state index contributed by atoms with van der Waals surface area (Å²) in [6.45, 7) is 19.4. The first-order valence-electron chi connectivity index (χ1n) is 24.8. The molecule has 0 aromatic heterocycles. The maximum absolute atomic E-state index is 2.63. The van der Waals surface area contributed by atoms with Crippen LogP contribution in [0.4, 0.5) is 34.1 Å². The SMILES string of the molecule is CC(C)c1cc(N(c2ccccc2)c2cccc3c2C(C)(C)c2ccccc2-3)c2cc3c4c(cc(N(c5ccccc5)c5cccc6c5C(C)(C)c5ccccc5-6)c5ccc1c2c54)CCC3(C)C. The van der Waals surface area contributed by atoms with Gasteiger partial charge in [0.15, 0.2) is 0 Å². The fourth-order valence-electron chi connectivity index (χ4n) is 13.3. The fourth-order valence-corrected chi connectivity index (χ4v) is 13.3. The van der Waals surface area contributed by atoms with E-state index in [-0.39, 0.29) is 22.2 Å². The quantitative estimate of drug-likeness (QED) is 0.147. The Morgan fingerprint density at radius 3 is 1.43 bits per heavy atom. The van der Waals surface area contributed by atoms with E-state index in [1.54, 1.807) is 0 Å². The minimum Gasteiger partial charge on any atom is -0.310 e. The van der Waals surface area contributed by atoms with Gasteiger partial charge in [0.1, 0.15) is 0 Å². The Hall–Kier alpha value is -7.16. The van der Waals surface area contributed by atoms with Crippen LogP contribution >= 0.6 is 0 Å². The third kappa shape index (κ3) is 5.58. The molecule has 0 amide bonds. The van der Waals surface area contributed by atoms with E-state index in [1.165, 1.54) is 128 Å². The molecule has 10 aromatic carbocycles. The summed E-state index contributed by atoms with van der Waals surface area (Å²) in [7, 11) is 0. The van der Waals surface area contributed by atoms with Gasteiger partial charge >= 0.3 is 0 Å². The molecule has 0 fully saturated rings. The summed E-state index contributed by atoms with van der Waals surface area (Å²) in [5, 5.41) is 8.19. The van der Waals surface area contributed by atoms with Crippen molar-refractivity contribution in [3.8, 4) is 22.3 Å². The van der Waals surface area contributed by atoms with Gasteiger partial charge in [-0.25, -0.2) is 0 Å². The summed E-state index contributed by atoms with van der Waals surface area (Å²) < 4.78 is 0. The molecule has 0 atom stereocenters. The van der Waals surface area contributed by atoms with E-state index in [0.29, 0.717) is 0 Å². The smallest absolute Gasteiger partial charge is 0.0543 e. The number of para-hydroxylation sites is 2. The van der Waals surface area contributed by atoms with Crippen LogP contribution in [0, 0.1) is 0 Å². The average molecular weight is 879 g/mol. The van der Waals surface area contributed by atoms with Crippen LogP contribution in [0.15, 0.2) is 176 Å². The normalized spacial score (nSPS) is 15.7. The molecular formula is C66H58N2. The van der Waals surface area contributed by atoms with Crippen LogP contribution in [0.5, 0.6) is 0 Å². The molecular weight excluding hydrogens is 821 g/mol. The molecule has 13 rings (SSSR count). The highest BCUT2D eigenvalue weighted by atomic mass is 15.2. The summed E-state index contributed by atoms with van der Waals surface area (Å²) in [6.07, 6.45) is 2.11. The second-order valence-electron chi connectivity index (χ2n) is 21.9. The number of fused-ring (bicyclic) bond motifs is 6. The third-order valence-corrected chi connectivity index (χ3v) is 16.5. The van der Waals surface area contributed by atoms with Gasteiger partial charge in [0.25, 0.3) is 0 Å². The van der Waals surface area contributed by atoms with Gasteiger partial charge in [0.2, 0.25) is 0 Å². The molecule has 0 bridgehead atoms. The van der Waals surface area contributed by atoms with Gasteiger partial charge in [0.05, 0.1) is 22.7 Å². The van der Waals surface area contributed by atoms with Crippen LogP contribution < -0.4 is 9.80 Å². The number of aryl methyl sites for hydroxylation is 1. The lowest BCUT2D eigenvalue weighted by Gasteiger charge is -2.38. The number of hydrogen-bond acceptors (Lipinski definition) is 2. The number of benzene rings is 10. The summed E-state index contributed by atoms with van der Waals surface area (Å²) in [4.78, 5) is 5.24. The molecule has 0 spiro atoms. The Balaban J connectivity index is 1.16. The standard InChI is InChI=1S/C66H58N2/c1-40(2)50-39-58(68(43-23-13-10-14-24-43)56-32-20-28-48-45-26-16-18-30-53(45)66(7,8)63(48)56)51-38-54-59-41(35-36-64(54,3)4)37-57(49-34-33-46(50)60(51)61(49)59)67(42-21-11-9-12-22-42)55-31-19-27-47-44-25-15-17-29-52(44)65(5,6)62(47)55/h9-34,37-40H,35-36H2,1-8H3. The second kappa shape index (κ2) is 14.4. The lowest BCUT2D eigenvalue weighted by molar-refractivity contribution is 0.475. The molecule has 0 radical (unpaired) electrons. The van der Waals surface area contributed by atoms with Crippen LogP contribution in [0.3, 0.4) is 0 Å². The van der Waals surface area contributed by atoms with Gasteiger partial charge in [0, 0.05) is 38.4 Å². The molecule has 0 saturated carbocycles. The minimum absolute atomic E-state index is 0.0281. The van der Waals surface area contributed by atoms with E-state index >= 15 is 0 Å². The lowest BCUT2D eigenvalue weighted by atomic mass is 9.70. The highest BCUT2D eigenvalue weighted by molar-refractivity contribution is 6.30. The molecule has 3 aliphatic carbocycles. The molecule has 0 heterocycles. The predicted octanol–water partition coefficient (Wildman–Crippen LogP) is 18.5. The molecule has 0 N–H and O–H groups in total. The molecule has 0 unspecified atom stereocenters.